The van der Waals surface area contributed by atoms with Gasteiger partial charge >= 0.3 is 0 Å². The standard InChI is InChI=1S/C15H17FN2/c1-11-5-3-4-6-12(11)10-18(2)15-8-7-13(16)9-14(15)17/h3-9H,10,17H2,1-2H3. The highest BCUT2D eigenvalue weighted by Gasteiger charge is 2.08. The van der Waals surface area contributed by atoms with Crippen molar-refractivity contribution in [2.75, 3.05) is 17.7 Å². The number of halogens is 1. The van der Waals surface area contributed by atoms with Gasteiger partial charge in [0.25, 0.3) is 0 Å². The van der Waals surface area contributed by atoms with Crippen molar-refractivity contribution in [3.63, 3.8) is 0 Å². The summed E-state index contributed by atoms with van der Waals surface area (Å²) in [6, 6.07) is 12.7. The number of benzene rings is 2. The smallest absolute Gasteiger partial charge is 0.125 e. The molecule has 2 aromatic rings. The summed E-state index contributed by atoms with van der Waals surface area (Å²) in [6.45, 7) is 2.83. The van der Waals surface area contributed by atoms with Gasteiger partial charge in [-0.1, -0.05) is 24.3 Å². The highest BCUT2D eigenvalue weighted by atomic mass is 19.1. The number of hydrogen-bond donors (Lipinski definition) is 1. The molecule has 0 spiro atoms. The summed E-state index contributed by atoms with van der Waals surface area (Å²) in [7, 11) is 1.95. The lowest BCUT2D eigenvalue weighted by Crippen LogP contribution is -2.18. The lowest BCUT2D eigenvalue weighted by atomic mass is 10.1. The molecule has 3 heteroatoms. The van der Waals surface area contributed by atoms with Crippen LogP contribution in [0.5, 0.6) is 0 Å². The lowest BCUT2D eigenvalue weighted by Gasteiger charge is -2.22. The quantitative estimate of drug-likeness (QED) is 0.839. The average molecular weight is 244 g/mol. The summed E-state index contributed by atoms with van der Waals surface area (Å²) in [5.74, 6) is -0.305. The number of anilines is 2. The Labute approximate surface area is 107 Å². The van der Waals surface area contributed by atoms with Crippen LogP contribution in [-0.4, -0.2) is 7.05 Å². The summed E-state index contributed by atoms with van der Waals surface area (Å²) in [6.07, 6.45) is 0. The van der Waals surface area contributed by atoms with Crippen molar-refractivity contribution in [3.8, 4) is 0 Å². The van der Waals surface area contributed by atoms with Gasteiger partial charge in [-0.05, 0) is 36.2 Å². The third kappa shape index (κ3) is 2.62. The fourth-order valence-electron chi connectivity index (χ4n) is 2.00. The van der Waals surface area contributed by atoms with Crippen LogP contribution in [-0.2, 0) is 6.54 Å². The Bertz CT molecular complexity index is 552. The predicted octanol–water partition coefficient (Wildman–Crippen LogP) is 3.35. The number of aryl methyl sites for hydroxylation is 1. The molecule has 18 heavy (non-hydrogen) atoms. The Morgan fingerprint density at radius 3 is 2.56 bits per heavy atom. The molecule has 2 nitrogen and oxygen atoms in total. The van der Waals surface area contributed by atoms with Crippen molar-refractivity contribution in [2.45, 2.75) is 13.5 Å². The maximum absolute atomic E-state index is 13.0. The minimum Gasteiger partial charge on any atom is -0.397 e. The van der Waals surface area contributed by atoms with Gasteiger partial charge in [-0.3, -0.25) is 0 Å². The van der Waals surface area contributed by atoms with Gasteiger partial charge in [0.1, 0.15) is 5.82 Å². The van der Waals surface area contributed by atoms with Crippen molar-refractivity contribution >= 4 is 11.4 Å². The van der Waals surface area contributed by atoms with Crippen molar-refractivity contribution in [3.05, 3.63) is 59.4 Å². The molecule has 0 aliphatic rings. The Morgan fingerprint density at radius 1 is 1.17 bits per heavy atom. The van der Waals surface area contributed by atoms with E-state index >= 15 is 0 Å². The molecule has 0 aliphatic carbocycles. The molecule has 0 radical (unpaired) electrons. The molecule has 0 amide bonds. The zero-order valence-corrected chi connectivity index (χ0v) is 10.7. The van der Waals surface area contributed by atoms with Gasteiger partial charge in [0, 0.05) is 13.6 Å². The van der Waals surface area contributed by atoms with Gasteiger partial charge < -0.3 is 10.6 Å². The number of nitrogens with zero attached hydrogens (tertiary/aromatic N) is 1. The summed E-state index contributed by atoms with van der Waals surface area (Å²) >= 11 is 0. The second-order valence-corrected chi connectivity index (χ2v) is 4.49. The van der Waals surface area contributed by atoms with Crippen molar-refractivity contribution < 1.29 is 4.39 Å². The minimum atomic E-state index is -0.305. The van der Waals surface area contributed by atoms with Gasteiger partial charge in [0.05, 0.1) is 11.4 Å². The molecule has 2 N–H and O–H groups in total. The largest absolute Gasteiger partial charge is 0.397 e. The normalized spacial score (nSPS) is 10.4. The number of nitrogen functional groups attached to an aromatic ring is 1. The molecule has 0 aliphatic heterocycles. The zero-order valence-electron chi connectivity index (χ0n) is 10.7. The Balaban J connectivity index is 2.22. The number of hydrogen-bond acceptors (Lipinski definition) is 2. The van der Waals surface area contributed by atoms with Crippen LogP contribution in [0.25, 0.3) is 0 Å². The van der Waals surface area contributed by atoms with E-state index in [0.29, 0.717) is 5.69 Å². The average Bonchev–Trinajstić information content (AvgIpc) is 2.32. The second kappa shape index (κ2) is 5.08. The summed E-state index contributed by atoms with van der Waals surface area (Å²) in [5.41, 5.74) is 9.62. The maximum atomic E-state index is 13.0. The SMILES string of the molecule is Cc1ccccc1CN(C)c1ccc(F)cc1N. The molecule has 0 saturated carbocycles. The fraction of sp³-hybridized carbons (Fsp3) is 0.200. The molecule has 0 heterocycles. The van der Waals surface area contributed by atoms with E-state index in [1.54, 1.807) is 6.07 Å². The maximum Gasteiger partial charge on any atom is 0.125 e. The van der Waals surface area contributed by atoms with Crippen LogP contribution in [0.15, 0.2) is 42.5 Å². The molecule has 2 aromatic carbocycles. The highest BCUT2D eigenvalue weighted by Crippen LogP contribution is 2.24. The van der Waals surface area contributed by atoms with Crippen molar-refractivity contribution in [2.24, 2.45) is 0 Å². The van der Waals surface area contributed by atoms with E-state index in [0.717, 1.165) is 12.2 Å². The number of rotatable bonds is 3. The van der Waals surface area contributed by atoms with Crippen LogP contribution in [0.2, 0.25) is 0 Å². The molecule has 0 unspecified atom stereocenters. The molecular formula is C15H17FN2. The predicted molar refractivity (Wildman–Crippen MR) is 74.1 cm³/mol. The van der Waals surface area contributed by atoms with E-state index < -0.39 is 0 Å². The van der Waals surface area contributed by atoms with Gasteiger partial charge in [0.2, 0.25) is 0 Å². The summed E-state index contributed by atoms with van der Waals surface area (Å²) < 4.78 is 13.0. The van der Waals surface area contributed by atoms with Crippen LogP contribution in [0.1, 0.15) is 11.1 Å². The van der Waals surface area contributed by atoms with E-state index in [2.05, 4.69) is 19.1 Å². The van der Waals surface area contributed by atoms with Gasteiger partial charge in [-0.2, -0.15) is 0 Å². The first-order chi connectivity index (χ1) is 8.58. The number of nitrogens with two attached hydrogens (primary N) is 1. The van der Waals surface area contributed by atoms with E-state index in [9.17, 15) is 4.39 Å². The van der Waals surface area contributed by atoms with Crippen LogP contribution in [0.3, 0.4) is 0 Å². The van der Waals surface area contributed by atoms with E-state index in [4.69, 9.17) is 5.73 Å². The third-order valence-corrected chi connectivity index (χ3v) is 3.07. The first-order valence-electron chi connectivity index (χ1n) is 5.88. The topological polar surface area (TPSA) is 29.3 Å². The van der Waals surface area contributed by atoms with E-state index in [1.807, 2.05) is 24.1 Å². The third-order valence-electron chi connectivity index (χ3n) is 3.07. The zero-order chi connectivity index (χ0) is 13.1. The Kier molecular flexibility index (Phi) is 3.51. The highest BCUT2D eigenvalue weighted by molar-refractivity contribution is 5.67. The van der Waals surface area contributed by atoms with Crippen LogP contribution in [0, 0.1) is 12.7 Å². The molecule has 0 fully saturated rings. The molecule has 2 rings (SSSR count). The van der Waals surface area contributed by atoms with Gasteiger partial charge in [-0.15, -0.1) is 0 Å². The monoisotopic (exact) mass is 244 g/mol. The molecule has 0 saturated heterocycles. The Hall–Kier alpha value is -2.03. The van der Waals surface area contributed by atoms with Gasteiger partial charge in [-0.25, -0.2) is 4.39 Å². The lowest BCUT2D eigenvalue weighted by molar-refractivity contribution is 0.628. The summed E-state index contributed by atoms with van der Waals surface area (Å²) in [4.78, 5) is 2.02. The summed E-state index contributed by atoms with van der Waals surface area (Å²) in [5, 5.41) is 0. The van der Waals surface area contributed by atoms with E-state index in [-0.39, 0.29) is 5.82 Å². The van der Waals surface area contributed by atoms with Crippen LogP contribution in [0.4, 0.5) is 15.8 Å². The molecule has 94 valence electrons. The Morgan fingerprint density at radius 2 is 1.89 bits per heavy atom. The molecular weight excluding hydrogens is 227 g/mol. The molecule has 0 aromatic heterocycles. The van der Waals surface area contributed by atoms with E-state index in [1.165, 1.54) is 23.3 Å². The van der Waals surface area contributed by atoms with Crippen LogP contribution >= 0.6 is 0 Å². The minimum absolute atomic E-state index is 0.305. The van der Waals surface area contributed by atoms with Crippen LogP contribution < -0.4 is 10.6 Å². The fourth-order valence-corrected chi connectivity index (χ4v) is 2.00. The second-order valence-electron chi connectivity index (χ2n) is 4.49. The first-order valence-corrected chi connectivity index (χ1v) is 5.88. The first kappa shape index (κ1) is 12.4. The molecule has 0 atom stereocenters. The van der Waals surface area contributed by atoms with Crippen molar-refractivity contribution in [1.82, 2.24) is 0 Å². The van der Waals surface area contributed by atoms with Gasteiger partial charge in [0.15, 0.2) is 0 Å². The van der Waals surface area contributed by atoms with Crippen molar-refractivity contribution in [1.29, 1.82) is 0 Å². The molecule has 0 bridgehead atoms.